The van der Waals surface area contributed by atoms with Crippen molar-refractivity contribution >= 4 is 6.09 Å². The van der Waals surface area contributed by atoms with Crippen LogP contribution >= 0.6 is 0 Å². The second kappa shape index (κ2) is 10.1. The first-order valence-corrected chi connectivity index (χ1v) is 10.5. The van der Waals surface area contributed by atoms with Gasteiger partial charge in [-0.25, -0.2) is 9.18 Å². The molecule has 8 heteroatoms. The van der Waals surface area contributed by atoms with Gasteiger partial charge in [0.2, 0.25) is 0 Å². The topological polar surface area (TPSA) is 77.5 Å². The SMILES string of the molecule is COC(=O)N1C[C@@H](c2ccc(OC)c(OCCOc3ccc(F)cc3)c2)[C@](C)([C@@H](C)O)C1. The average molecular weight is 448 g/mol. The molecule has 0 radical (unpaired) electrons. The first kappa shape index (κ1) is 23.7. The molecule has 7 nitrogen and oxygen atoms in total. The standard InChI is InChI=1S/C24H30FNO6/c1-16(27)24(2)15-26(23(28)30-4)14-20(24)17-5-10-21(29-3)22(13-17)32-12-11-31-19-8-6-18(25)7-9-19/h5-10,13,16,20,27H,11-12,14-15H2,1-4H3/t16-,20+,24+/m1/s1. The van der Waals surface area contributed by atoms with Gasteiger partial charge in [0.05, 0.1) is 20.3 Å². The molecule has 3 rings (SSSR count). The molecule has 1 amide bonds. The van der Waals surface area contributed by atoms with Gasteiger partial charge in [-0.2, -0.15) is 0 Å². The second-order valence-electron chi connectivity index (χ2n) is 8.15. The Bertz CT molecular complexity index is 919. The molecule has 0 aromatic heterocycles. The number of ether oxygens (including phenoxy) is 4. The summed E-state index contributed by atoms with van der Waals surface area (Å²) in [5.41, 5.74) is 0.376. The van der Waals surface area contributed by atoms with Gasteiger partial charge in [-0.3, -0.25) is 0 Å². The van der Waals surface area contributed by atoms with Crippen LogP contribution < -0.4 is 14.2 Å². The van der Waals surface area contributed by atoms with Gasteiger partial charge in [0, 0.05) is 24.4 Å². The normalized spacial score (nSPS) is 21.2. The number of hydrogen-bond donors (Lipinski definition) is 1. The summed E-state index contributed by atoms with van der Waals surface area (Å²) >= 11 is 0. The van der Waals surface area contributed by atoms with Crippen LogP contribution in [0.15, 0.2) is 42.5 Å². The summed E-state index contributed by atoms with van der Waals surface area (Å²) in [4.78, 5) is 13.7. The smallest absolute Gasteiger partial charge is 0.409 e. The molecule has 3 atom stereocenters. The van der Waals surface area contributed by atoms with Crippen LogP contribution in [0.4, 0.5) is 9.18 Å². The maximum Gasteiger partial charge on any atom is 0.409 e. The third-order valence-electron chi connectivity index (χ3n) is 6.13. The minimum absolute atomic E-state index is 0.120. The molecule has 1 fully saturated rings. The van der Waals surface area contributed by atoms with Gasteiger partial charge >= 0.3 is 6.09 Å². The molecule has 2 aromatic rings. The number of hydrogen-bond acceptors (Lipinski definition) is 6. The monoisotopic (exact) mass is 447 g/mol. The number of carbonyl (C=O) groups excluding carboxylic acids is 1. The summed E-state index contributed by atoms with van der Waals surface area (Å²) in [6.45, 7) is 5.03. The summed E-state index contributed by atoms with van der Waals surface area (Å²) in [6, 6.07) is 11.4. The van der Waals surface area contributed by atoms with Crippen molar-refractivity contribution < 1.29 is 33.2 Å². The van der Waals surface area contributed by atoms with E-state index in [2.05, 4.69) is 0 Å². The molecular formula is C24H30FNO6. The van der Waals surface area contributed by atoms with E-state index in [9.17, 15) is 14.3 Å². The van der Waals surface area contributed by atoms with Crippen LogP contribution in [0.2, 0.25) is 0 Å². The molecule has 1 aliphatic rings. The molecule has 174 valence electrons. The number of benzene rings is 2. The molecule has 0 bridgehead atoms. The lowest BCUT2D eigenvalue weighted by molar-refractivity contribution is 0.0470. The van der Waals surface area contributed by atoms with Crippen molar-refractivity contribution in [2.75, 3.05) is 40.5 Å². The molecule has 0 saturated carbocycles. The molecule has 2 aromatic carbocycles. The van der Waals surface area contributed by atoms with Crippen molar-refractivity contribution in [2.24, 2.45) is 5.41 Å². The lowest BCUT2D eigenvalue weighted by Gasteiger charge is -2.33. The van der Waals surface area contributed by atoms with Gasteiger partial charge in [0.25, 0.3) is 0 Å². The molecule has 0 spiro atoms. The summed E-state index contributed by atoms with van der Waals surface area (Å²) in [5.74, 6) is 1.22. The number of amides is 1. The van der Waals surface area contributed by atoms with Crippen LogP contribution in [0.3, 0.4) is 0 Å². The van der Waals surface area contributed by atoms with Crippen molar-refractivity contribution in [2.45, 2.75) is 25.9 Å². The van der Waals surface area contributed by atoms with E-state index in [1.807, 2.05) is 25.1 Å². The Kier molecular flexibility index (Phi) is 7.45. The average Bonchev–Trinajstić information content (AvgIpc) is 3.16. The largest absolute Gasteiger partial charge is 0.493 e. The van der Waals surface area contributed by atoms with E-state index in [-0.39, 0.29) is 24.9 Å². The molecule has 1 aliphatic heterocycles. The Morgan fingerprint density at radius 1 is 1.16 bits per heavy atom. The third kappa shape index (κ3) is 5.07. The molecule has 0 unspecified atom stereocenters. The Labute approximate surface area is 187 Å². The fourth-order valence-electron chi connectivity index (χ4n) is 4.06. The lowest BCUT2D eigenvalue weighted by atomic mass is 9.72. The van der Waals surface area contributed by atoms with Gasteiger partial charge in [-0.05, 0) is 48.9 Å². The van der Waals surface area contributed by atoms with Crippen LogP contribution in [0.5, 0.6) is 17.2 Å². The highest BCUT2D eigenvalue weighted by Gasteiger charge is 2.48. The molecule has 32 heavy (non-hydrogen) atoms. The molecule has 1 N–H and O–H groups in total. The number of aliphatic hydroxyl groups is 1. The van der Waals surface area contributed by atoms with Crippen LogP contribution in [-0.4, -0.2) is 62.7 Å². The van der Waals surface area contributed by atoms with Crippen LogP contribution in [0.25, 0.3) is 0 Å². The first-order chi connectivity index (χ1) is 15.3. The van der Waals surface area contributed by atoms with Crippen LogP contribution in [0.1, 0.15) is 25.3 Å². The number of halogens is 1. The predicted molar refractivity (Wildman–Crippen MR) is 117 cm³/mol. The summed E-state index contributed by atoms with van der Waals surface area (Å²) < 4.78 is 34.8. The van der Waals surface area contributed by atoms with E-state index in [1.54, 1.807) is 31.1 Å². The molecular weight excluding hydrogens is 417 g/mol. The van der Waals surface area contributed by atoms with E-state index >= 15 is 0 Å². The highest BCUT2D eigenvalue weighted by Crippen LogP contribution is 2.46. The zero-order valence-corrected chi connectivity index (χ0v) is 18.8. The minimum Gasteiger partial charge on any atom is -0.493 e. The number of nitrogens with zero attached hydrogens (tertiary/aromatic N) is 1. The van der Waals surface area contributed by atoms with Crippen molar-refractivity contribution in [1.29, 1.82) is 0 Å². The fraction of sp³-hybridized carbons (Fsp3) is 0.458. The van der Waals surface area contributed by atoms with Crippen molar-refractivity contribution in [1.82, 2.24) is 4.90 Å². The maximum absolute atomic E-state index is 13.0. The van der Waals surface area contributed by atoms with Gasteiger partial charge in [-0.15, -0.1) is 0 Å². The predicted octanol–water partition coefficient (Wildman–Crippen LogP) is 3.84. The van der Waals surface area contributed by atoms with Crippen LogP contribution in [0, 0.1) is 11.2 Å². The van der Waals surface area contributed by atoms with Crippen molar-refractivity contribution in [3.63, 3.8) is 0 Å². The highest BCUT2D eigenvalue weighted by molar-refractivity contribution is 5.68. The van der Waals surface area contributed by atoms with Gasteiger partial charge in [0.1, 0.15) is 24.8 Å². The molecule has 1 heterocycles. The number of methoxy groups -OCH3 is 2. The highest BCUT2D eigenvalue weighted by atomic mass is 19.1. The van der Waals surface area contributed by atoms with Crippen LogP contribution in [-0.2, 0) is 4.74 Å². The summed E-state index contributed by atoms with van der Waals surface area (Å²) in [6.07, 6.45) is -1.06. The quantitative estimate of drug-likeness (QED) is 0.620. The van der Waals surface area contributed by atoms with E-state index in [0.717, 1.165) is 5.56 Å². The van der Waals surface area contributed by atoms with Gasteiger partial charge in [0.15, 0.2) is 11.5 Å². The Hall–Kier alpha value is -3.00. The summed E-state index contributed by atoms with van der Waals surface area (Å²) in [5, 5.41) is 10.5. The fourth-order valence-corrected chi connectivity index (χ4v) is 4.06. The first-order valence-electron chi connectivity index (χ1n) is 10.5. The number of rotatable bonds is 8. The van der Waals surface area contributed by atoms with E-state index in [1.165, 1.54) is 19.2 Å². The van der Waals surface area contributed by atoms with Crippen molar-refractivity contribution in [3.8, 4) is 17.2 Å². The Balaban J connectivity index is 1.74. The summed E-state index contributed by atoms with van der Waals surface area (Å²) in [7, 11) is 2.91. The van der Waals surface area contributed by atoms with Crippen molar-refractivity contribution in [3.05, 3.63) is 53.8 Å². The zero-order chi connectivity index (χ0) is 23.3. The number of aliphatic hydroxyl groups excluding tert-OH is 1. The van der Waals surface area contributed by atoms with E-state index < -0.39 is 17.6 Å². The number of carbonyl (C=O) groups is 1. The van der Waals surface area contributed by atoms with Gasteiger partial charge in [-0.1, -0.05) is 13.0 Å². The lowest BCUT2D eigenvalue weighted by Crippen LogP contribution is -2.38. The van der Waals surface area contributed by atoms with E-state index in [4.69, 9.17) is 18.9 Å². The number of likely N-dealkylation sites (tertiary alicyclic amines) is 1. The maximum atomic E-state index is 13.0. The zero-order valence-electron chi connectivity index (χ0n) is 18.8. The molecule has 0 aliphatic carbocycles. The third-order valence-corrected chi connectivity index (χ3v) is 6.13. The second-order valence-corrected chi connectivity index (χ2v) is 8.15. The minimum atomic E-state index is -0.641. The Morgan fingerprint density at radius 2 is 1.84 bits per heavy atom. The molecule has 1 saturated heterocycles. The Morgan fingerprint density at radius 3 is 2.47 bits per heavy atom. The van der Waals surface area contributed by atoms with Gasteiger partial charge < -0.3 is 29.0 Å². The van der Waals surface area contributed by atoms with E-state index in [0.29, 0.717) is 30.3 Å².